The van der Waals surface area contributed by atoms with Gasteiger partial charge in [0.05, 0.1) is 12.0 Å². The van der Waals surface area contributed by atoms with Crippen LogP contribution in [0.3, 0.4) is 0 Å². The molecule has 0 aliphatic carbocycles. The highest BCUT2D eigenvalue weighted by Crippen LogP contribution is 2.20. The van der Waals surface area contributed by atoms with Crippen LogP contribution in [0.5, 0.6) is 0 Å². The number of furan rings is 1. The molecule has 0 amide bonds. The predicted octanol–water partition coefficient (Wildman–Crippen LogP) is 2.42. The third kappa shape index (κ3) is 1.39. The minimum absolute atomic E-state index is 0.0998. The lowest BCUT2D eigenvalue weighted by molar-refractivity contribution is 0.0988. The Morgan fingerprint density at radius 1 is 1.82 bits per heavy atom. The summed E-state index contributed by atoms with van der Waals surface area (Å²) in [6.07, 6.45) is 1.31. The van der Waals surface area contributed by atoms with E-state index in [4.69, 9.17) is 9.95 Å². The molecule has 0 saturated heterocycles. The van der Waals surface area contributed by atoms with Gasteiger partial charge in [0.15, 0.2) is 11.5 Å². The van der Waals surface area contributed by atoms with Gasteiger partial charge in [0.25, 0.3) is 0 Å². The molecule has 0 saturated carbocycles. The van der Waals surface area contributed by atoms with E-state index >= 15 is 0 Å². The molecule has 0 N–H and O–H groups in total. The molecule has 0 radical (unpaired) electrons. The first-order valence-electron chi connectivity index (χ1n) is 2.89. The van der Waals surface area contributed by atoms with Crippen LogP contribution in [0.4, 0.5) is 5.69 Å². The van der Waals surface area contributed by atoms with Crippen molar-refractivity contribution in [3.05, 3.63) is 28.5 Å². The number of azide groups is 1. The zero-order valence-corrected chi connectivity index (χ0v) is 5.81. The minimum Gasteiger partial charge on any atom is -0.461 e. The number of nitrogens with zero attached hydrogens (tertiary/aromatic N) is 3. The Labute approximate surface area is 62.3 Å². The van der Waals surface area contributed by atoms with Crippen molar-refractivity contribution in [3.8, 4) is 0 Å². The largest absolute Gasteiger partial charge is 0.461 e. The Morgan fingerprint density at radius 2 is 2.55 bits per heavy atom. The molecule has 0 spiro atoms. The molecule has 1 aromatic rings. The molecule has 0 fully saturated rings. The van der Waals surface area contributed by atoms with Crippen LogP contribution in [0.1, 0.15) is 17.5 Å². The summed E-state index contributed by atoms with van der Waals surface area (Å²) in [6, 6.07) is 1.44. The van der Waals surface area contributed by atoms with Gasteiger partial charge in [-0.3, -0.25) is 4.79 Å². The number of rotatable bonds is 2. The molecule has 0 atom stereocenters. The molecule has 0 aliphatic heterocycles. The van der Waals surface area contributed by atoms with E-state index in [0.29, 0.717) is 0 Å². The summed E-state index contributed by atoms with van der Waals surface area (Å²) in [5.74, 6) is -0.153. The van der Waals surface area contributed by atoms with E-state index in [1.54, 1.807) is 0 Å². The van der Waals surface area contributed by atoms with Gasteiger partial charge in [-0.15, -0.1) is 0 Å². The SMILES string of the molecule is CC(=O)c1occc1N=[N+]=[N-]. The lowest BCUT2D eigenvalue weighted by atomic mass is 10.3. The van der Waals surface area contributed by atoms with Crippen LogP contribution in [0.25, 0.3) is 10.4 Å². The van der Waals surface area contributed by atoms with Gasteiger partial charge in [0.1, 0.15) is 0 Å². The Balaban J connectivity index is 3.15. The second kappa shape index (κ2) is 2.90. The molecular weight excluding hydrogens is 146 g/mol. The molecular formula is C6H5N3O2. The number of Topliss-reactive ketones (excluding diaryl/α,β-unsaturated/α-hetero) is 1. The summed E-state index contributed by atoms with van der Waals surface area (Å²) in [6.45, 7) is 1.34. The average molecular weight is 151 g/mol. The van der Waals surface area contributed by atoms with E-state index in [-0.39, 0.29) is 17.2 Å². The van der Waals surface area contributed by atoms with Gasteiger partial charge < -0.3 is 4.42 Å². The van der Waals surface area contributed by atoms with Crippen molar-refractivity contribution in [3.63, 3.8) is 0 Å². The van der Waals surface area contributed by atoms with Crippen molar-refractivity contribution >= 4 is 11.5 Å². The van der Waals surface area contributed by atoms with E-state index in [2.05, 4.69) is 10.0 Å². The first kappa shape index (κ1) is 7.37. The monoisotopic (exact) mass is 151 g/mol. The zero-order chi connectivity index (χ0) is 8.27. The Bertz CT molecular complexity index is 306. The fourth-order valence-corrected chi connectivity index (χ4v) is 0.693. The lowest BCUT2D eigenvalue weighted by Gasteiger charge is -1.87. The van der Waals surface area contributed by atoms with Crippen molar-refractivity contribution in [1.29, 1.82) is 0 Å². The van der Waals surface area contributed by atoms with E-state index in [1.165, 1.54) is 19.3 Å². The average Bonchev–Trinajstić information content (AvgIpc) is 2.36. The minimum atomic E-state index is -0.252. The van der Waals surface area contributed by atoms with Crippen LogP contribution in [0, 0.1) is 0 Å². The van der Waals surface area contributed by atoms with Crippen molar-refractivity contribution in [2.75, 3.05) is 0 Å². The third-order valence-corrected chi connectivity index (χ3v) is 1.12. The standard InChI is InChI=1S/C6H5N3O2/c1-4(10)6-5(8-9-7)2-3-11-6/h2-3H,1H3. The normalized spacial score (nSPS) is 8.82. The quantitative estimate of drug-likeness (QED) is 0.281. The second-order valence-electron chi connectivity index (χ2n) is 1.88. The fourth-order valence-electron chi connectivity index (χ4n) is 0.693. The van der Waals surface area contributed by atoms with Crippen molar-refractivity contribution in [2.45, 2.75) is 6.92 Å². The van der Waals surface area contributed by atoms with E-state index in [9.17, 15) is 4.79 Å². The first-order chi connectivity index (χ1) is 5.25. The highest BCUT2D eigenvalue weighted by Gasteiger charge is 2.08. The van der Waals surface area contributed by atoms with Crippen molar-refractivity contribution in [2.24, 2.45) is 5.11 Å². The maximum absolute atomic E-state index is 10.7. The van der Waals surface area contributed by atoms with Gasteiger partial charge in [-0.25, -0.2) is 0 Å². The van der Waals surface area contributed by atoms with Gasteiger partial charge in [0.2, 0.25) is 0 Å². The summed E-state index contributed by atoms with van der Waals surface area (Å²) < 4.78 is 4.76. The maximum atomic E-state index is 10.7. The number of carbonyl (C=O) groups is 1. The van der Waals surface area contributed by atoms with Crippen LogP contribution in [0.2, 0.25) is 0 Å². The number of hydrogen-bond acceptors (Lipinski definition) is 3. The van der Waals surface area contributed by atoms with Gasteiger partial charge >= 0.3 is 0 Å². The summed E-state index contributed by atoms with van der Waals surface area (Å²) in [7, 11) is 0. The molecule has 0 aliphatic rings. The second-order valence-corrected chi connectivity index (χ2v) is 1.88. The van der Waals surface area contributed by atoms with Crippen LogP contribution in [-0.2, 0) is 0 Å². The van der Waals surface area contributed by atoms with E-state index < -0.39 is 0 Å². The molecule has 11 heavy (non-hydrogen) atoms. The van der Waals surface area contributed by atoms with E-state index in [1.807, 2.05) is 0 Å². The first-order valence-corrected chi connectivity index (χ1v) is 2.89. The molecule has 0 bridgehead atoms. The van der Waals surface area contributed by atoms with Crippen LogP contribution >= 0.6 is 0 Å². The molecule has 0 aromatic carbocycles. The lowest BCUT2D eigenvalue weighted by Crippen LogP contribution is -1.87. The smallest absolute Gasteiger partial charge is 0.195 e. The van der Waals surface area contributed by atoms with Gasteiger partial charge in [-0.05, 0) is 11.6 Å². The summed E-state index contributed by atoms with van der Waals surface area (Å²) in [5.41, 5.74) is 8.29. The molecule has 0 unspecified atom stereocenters. The Hall–Kier alpha value is -1.74. The zero-order valence-electron chi connectivity index (χ0n) is 5.81. The van der Waals surface area contributed by atoms with Crippen LogP contribution in [0.15, 0.2) is 21.9 Å². The summed E-state index contributed by atoms with van der Waals surface area (Å²) in [5, 5.41) is 3.25. The molecule has 56 valence electrons. The highest BCUT2D eigenvalue weighted by molar-refractivity contribution is 5.95. The summed E-state index contributed by atoms with van der Waals surface area (Å²) >= 11 is 0. The van der Waals surface area contributed by atoms with Gasteiger partial charge in [-0.2, -0.15) is 0 Å². The van der Waals surface area contributed by atoms with Crippen molar-refractivity contribution < 1.29 is 9.21 Å². The van der Waals surface area contributed by atoms with E-state index in [0.717, 1.165) is 0 Å². The molecule has 1 aromatic heterocycles. The third-order valence-electron chi connectivity index (χ3n) is 1.12. The van der Waals surface area contributed by atoms with Gasteiger partial charge in [-0.1, -0.05) is 5.11 Å². The molecule has 5 heteroatoms. The number of ketones is 1. The molecule has 1 heterocycles. The van der Waals surface area contributed by atoms with Gasteiger partial charge in [0, 0.05) is 11.8 Å². The highest BCUT2D eigenvalue weighted by atomic mass is 16.3. The van der Waals surface area contributed by atoms with Crippen LogP contribution in [-0.4, -0.2) is 5.78 Å². The predicted molar refractivity (Wildman–Crippen MR) is 37.5 cm³/mol. The Kier molecular flexibility index (Phi) is 1.94. The van der Waals surface area contributed by atoms with Crippen molar-refractivity contribution in [1.82, 2.24) is 0 Å². The topological polar surface area (TPSA) is 79.0 Å². The van der Waals surface area contributed by atoms with Crippen LogP contribution < -0.4 is 0 Å². The molecule has 5 nitrogen and oxygen atoms in total. The summed E-state index contributed by atoms with van der Waals surface area (Å²) in [4.78, 5) is 13.3. The number of carbonyl (C=O) groups excluding carboxylic acids is 1. The maximum Gasteiger partial charge on any atom is 0.195 e. The fraction of sp³-hybridized carbons (Fsp3) is 0.167. The Morgan fingerprint density at radius 3 is 3.09 bits per heavy atom. The molecule has 1 rings (SSSR count). The number of hydrogen-bond donors (Lipinski definition) is 0.